The summed E-state index contributed by atoms with van der Waals surface area (Å²) < 4.78 is 46.0. The number of hydrogen-bond acceptors (Lipinski definition) is 5. The molecule has 2 aromatic carbocycles. The van der Waals surface area contributed by atoms with E-state index in [1.54, 1.807) is 24.3 Å². The van der Waals surface area contributed by atoms with Crippen LogP contribution in [-0.4, -0.2) is 31.5 Å². The van der Waals surface area contributed by atoms with Gasteiger partial charge in [-0.1, -0.05) is 30.3 Å². The fraction of sp³-hybridized carbons (Fsp3) is 0.125. The van der Waals surface area contributed by atoms with Crippen molar-refractivity contribution >= 4 is 28.1 Å². The van der Waals surface area contributed by atoms with E-state index in [1.807, 2.05) is 0 Å². The summed E-state index contributed by atoms with van der Waals surface area (Å²) in [5.41, 5.74) is 1.20. The molecule has 1 heterocycles. The van der Waals surface area contributed by atoms with Crippen LogP contribution < -0.4 is 4.72 Å². The molecule has 1 atom stereocenters. The van der Waals surface area contributed by atoms with Gasteiger partial charge in [-0.15, -0.1) is 0 Å². The highest BCUT2D eigenvalue weighted by Gasteiger charge is 2.31. The minimum absolute atomic E-state index is 0.0393. The first-order valence-corrected chi connectivity index (χ1v) is 8.95. The summed E-state index contributed by atoms with van der Waals surface area (Å²) in [6.07, 6.45) is 1.39. The van der Waals surface area contributed by atoms with Crippen LogP contribution in [0.1, 0.15) is 5.56 Å². The van der Waals surface area contributed by atoms with Gasteiger partial charge in [0.25, 0.3) is 0 Å². The Bertz CT molecular complexity index is 989. The maximum Gasteiger partial charge on any atom is 0.471 e. The van der Waals surface area contributed by atoms with Crippen LogP contribution in [-0.2, 0) is 16.4 Å². The maximum absolute atomic E-state index is 13.8. The number of furan rings is 1. The Labute approximate surface area is 144 Å². The van der Waals surface area contributed by atoms with Gasteiger partial charge in [-0.3, -0.25) is 0 Å². The maximum atomic E-state index is 13.8. The number of rotatable bonds is 6. The van der Waals surface area contributed by atoms with Crippen LogP contribution in [0.5, 0.6) is 0 Å². The van der Waals surface area contributed by atoms with Gasteiger partial charge in [0.15, 0.2) is 0 Å². The molecule has 130 valence electrons. The van der Waals surface area contributed by atoms with Gasteiger partial charge < -0.3 is 14.5 Å². The van der Waals surface area contributed by atoms with Crippen LogP contribution in [0, 0.1) is 5.82 Å². The number of nitrogens with one attached hydrogen (secondary N) is 1. The SMILES string of the molecule is O=S(=O)(NC(Cc1coc2ccccc12)B(O)O)c1ccccc1F. The predicted molar refractivity (Wildman–Crippen MR) is 90.6 cm³/mol. The van der Waals surface area contributed by atoms with Crippen LogP contribution >= 0.6 is 0 Å². The quantitative estimate of drug-likeness (QED) is 0.576. The largest absolute Gasteiger partial charge is 0.471 e. The van der Waals surface area contributed by atoms with Crippen LogP contribution in [0.2, 0.25) is 0 Å². The van der Waals surface area contributed by atoms with Crippen molar-refractivity contribution in [2.75, 3.05) is 0 Å². The van der Waals surface area contributed by atoms with E-state index in [4.69, 9.17) is 4.42 Å². The first-order chi connectivity index (χ1) is 11.9. The van der Waals surface area contributed by atoms with Crippen molar-refractivity contribution in [1.82, 2.24) is 4.72 Å². The summed E-state index contributed by atoms with van der Waals surface area (Å²) in [5.74, 6) is -2.19. The number of hydrogen-bond donors (Lipinski definition) is 3. The second-order valence-electron chi connectivity index (χ2n) is 5.53. The molecule has 0 fully saturated rings. The first-order valence-electron chi connectivity index (χ1n) is 7.46. The number of sulfonamides is 1. The lowest BCUT2D eigenvalue weighted by molar-refractivity contribution is 0.379. The van der Waals surface area contributed by atoms with Crippen LogP contribution in [0.3, 0.4) is 0 Å². The fourth-order valence-electron chi connectivity index (χ4n) is 2.56. The molecule has 6 nitrogen and oxygen atoms in total. The van der Waals surface area contributed by atoms with Crippen LogP contribution in [0.15, 0.2) is 64.1 Å². The Morgan fingerprint density at radius 1 is 1.12 bits per heavy atom. The van der Waals surface area contributed by atoms with Crippen LogP contribution in [0.4, 0.5) is 4.39 Å². The van der Waals surface area contributed by atoms with Crippen molar-refractivity contribution < 1.29 is 27.3 Å². The zero-order valence-corrected chi connectivity index (χ0v) is 13.8. The van der Waals surface area contributed by atoms with Gasteiger partial charge in [0.05, 0.1) is 12.2 Å². The zero-order valence-electron chi connectivity index (χ0n) is 13.0. The summed E-state index contributed by atoms with van der Waals surface area (Å²) in [6.45, 7) is 0. The Hall–Kier alpha value is -2.20. The molecule has 1 unspecified atom stereocenters. The molecule has 3 aromatic rings. The number of halogens is 1. The molecule has 0 bridgehead atoms. The van der Waals surface area contributed by atoms with E-state index in [0.717, 1.165) is 17.5 Å². The van der Waals surface area contributed by atoms with Gasteiger partial charge in [0.2, 0.25) is 10.0 Å². The Balaban J connectivity index is 1.88. The molecule has 0 aliphatic rings. The third-order valence-corrected chi connectivity index (χ3v) is 5.32. The standard InChI is InChI=1S/C16H15BFNO5S/c18-13-6-2-4-8-15(13)25(22,23)19-16(17(20)21)9-11-10-24-14-7-3-1-5-12(11)14/h1-8,10,16,19-21H,9H2. The van der Waals surface area contributed by atoms with Crippen molar-refractivity contribution in [3.63, 3.8) is 0 Å². The lowest BCUT2D eigenvalue weighted by Crippen LogP contribution is -2.47. The predicted octanol–water partition coefficient (Wildman–Crippen LogP) is 1.47. The van der Waals surface area contributed by atoms with E-state index in [2.05, 4.69) is 4.72 Å². The van der Waals surface area contributed by atoms with E-state index in [1.165, 1.54) is 18.4 Å². The van der Waals surface area contributed by atoms with Gasteiger partial charge in [0, 0.05) is 5.39 Å². The molecule has 25 heavy (non-hydrogen) atoms. The molecule has 9 heteroatoms. The van der Waals surface area contributed by atoms with Crippen molar-refractivity contribution in [3.8, 4) is 0 Å². The van der Waals surface area contributed by atoms with E-state index in [0.29, 0.717) is 11.1 Å². The minimum Gasteiger partial charge on any atom is -0.464 e. The molecule has 0 saturated heterocycles. The topological polar surface area (TPSA) is 99.8 Å². The third kappa shape index (κ3) is 3.74. The Morgan fingerprint density at radius 2 is 1.80 bits per heavy atom. The number of benzene rings is 2. The second kappa shape index (κ2) is 6.97. The van der Waals surface area contributed by atoms with E-state index < -0.39 is 33.8 Å². The van der Waals surface area contributed by atoms with Gasteiger partial charge in [0.1, 0.15) is 16.3 Å². The average Bonchev–Trinajstić information content (AvgIpc) is 2.97. The average molecular weight is 363 g/mol. The lowest BCUT2D eigenvalue weighted by Gasteiger charge is -2.17. The summed E-state index contributed by atoms with van der Waals surface area (Å²) >= 11 is 0. The highest BCUT2D eigenvalue weighted by Crippen LogP contribution is 2.23. The normalized spacial score (nSPS) is 13.1. The second-order valence-corrected chi connectivity index (χ2v) is 7.22. The van der Waals surface area contributed by atoms with E-state index in [-0.39, 0.29) is 6.42 Å². The van der Waals surface area contributed by atoms with Gasteiger partial charge >= 0.3 is 7.12 Å². The fourth-order valence-corrected chi connectivity index (χ4v) is 3.87. The molecule has 0 spiro atoms. The Morgan fingerprint density at radius 3 is 2.52 bits per heavy atom. The van der Waals surface area contributed by atoms with Crippen molar-refractivity contribution in [3.05, 3.63) is 66.2 Å². The summed E-state index contributed by atoms with van der Waals surface area (Å²) in [5, 5.41) is 19.9. The van der Waals surface area contributed by atoms with E-state index >= 15 is 0 Å². The van der Waals surface area contributed by atoms with Gasteiger partial charge in [-0.25, -0.2) is 17.5 Å². The minimum atomic E-state index is -4.27. The summed E-state index contributed by atoms with van der Waals surface area (Å²) in [6, 6.07) is 12.0. The van der Waals surface area contributed by atoms with Crippen LogP contribution in [0.25, 0.3) is 11.0 Å². The third-order valence-electron chi connectivity index (χ3n) is 3.79. The van der Waals surface area contributed by atoms with Crippen molar-refractivity contribution in [2.45, 2.75) is 17.3 Å². The summed E-state index contributed by atoms with van der Waals surface area (Å²) in [7, 11) is -6.24. The highest BCUT2D eigenvalue weighted by atomic mass is 32.2. The molecule has 3 rings (SSSR count). The molecule has 0 amide bonds. The molecule has 1 aromatic heterocycles. The van der Waals surface area contributed by atoms with Gasteiger partial charge in [-0.2, -0.15) is 0 Å². The lowest BCUT2D eigenvalue weighted by atomic mass is 9.77. The van der Waals surface area contributed by atoms with Crippen molar-refractivity contribution in [2.24, 2.45) is 0 Å². The summed E-state index contributed by atoms with van der Waals surface area (Å²) in [4.78, 5) is -0.558. The zero-order chi connectivity index (χ0) is 18.0. The molecular formula is C16H15BFNO5S. The molecular weight excluding hydrogens is 348 g/mol. The molecule has 0 radical (unpaired) electrons. The van der Waals surface area contributed by atoms with Gasteiger partial charge in [-0.05, 0) is 30.2 Å². The highest BCUT2D eigenvalue weighted by molar-refractivity contribution is 7.89. The Kier molecular flexibility index (Phi) is 4.91. The molecule has 3 N–H and O–H groups in total. The molecule has 0 saturated carbocycles. The monoisotopic (exact) mass is 363 g/mol. The number of fused-ring (bicyclic) bond motifs is 1. The molecule has 0 aliphatic carbocycles. The smallest absolute Gasteiger partial charge is 0.464 e. The van der Waals surface area contributed by atoms with Crippen molar-refractivity contribution in [1.29, 1.82) is 0 Å². The first kappa shape index (κ1) is 17.6. The molecule has 0 aliphatic heterocycles. The van der Waals surface area contributed by atoms with E-state index in [9.17, 15) is 22.9 Å². The number of para-hydroxylation sites is 1.